The van der Waals surface area contributed by atoms with Gasteiger partial charge in [0.15, 0.2) is 5.96 Å². The normalized spacial score (nSPS) is 22.5. The number of para-hydroxylation sites is 1. The summed E-state index contributed by atoms with van der Waals surface area (Å²) in [6.45, 7) is 6.23. The minimum absolute atomic E-state index is 0. The fraction of sp³-hybridized carbons (Fsp3) is 0.562. The van der Waals surface area contributed by atoms with Crippen molar-refractivity contribution in [2.24, 2.45) is 16.6 Å². The molecular weight excluding hydrogens is 391 g/mol. The average molecular weight is 416 g/mol. The van der Waals surface area contributed by atoms with Gasteiger partial charge in [-0.05, 0) is 24.5 Å². The van der Waals surface area contributed by atoms with E-state index in [2.05, 4.69) is 45.1 Å². The van der Waals surface area contributed by atoms with Crippen LogP contribution in [0.2, 0.25) is 0 Å². The number of hydrogen-bond donors (Lipinski definition) is 1. The summed E-state index contributed by atoms with van der Waals surface area (Å²) in [7, 11) is 0. The predicted molar refractivity (Wildman–Crippen MR) is 101 cm³/mol. The summed E-state index contributed by atoms with van der Waals surface area (Å²) in [5.41, 5.74) is 7.39. The minimum Gasteiger partial charge on any atom is -0.378 e. The SMILES string of the molecule is I.NC(=NCC1CCN(c2ccccc2)C1)N1CCOCC1. The molecule has 1 aromatic carbocycles. The number of hydrogen-bond acceptors (Lipinski definition) is 3. The number of morpholine rings is 1. The maximum Gasteiger partial charge on any atom is 0.191 e. The molecule has 0 amide bonds. The first kappa shape index (κ1) is 17.3. The average Bonchev–Trinajstić information content (AvgIpc) is 3.03. The van der Waals surface area contributed by atoms with Gasteiger partial charge < -0.3 is 20.3 Å². The van der Waals surface area contributed by atoms with Crippen molar-refractivity contribution in [3.05, 3.63) is 30.3 Å². The van der Waals surface area contributed by atoms with Crippen LogP contribution < -0.4 is 10.6 Å². The van der Waals surface area contributed by atoms with Crippen molar-refractivity contribution in [1.29, 1.82) is 0 Å². The van der Waals surface area contributed by atoms with Gasteiger partial charge in [-0.1, -0.05) is 18.2 Å². The predicted octanol–water partition coefficient (Wildman–Crippen LogP) is 1.78. The monoisotopic (exact) mass is 416 g/mol. The van der Waals surface area contributed by atoms with Gasteiger partial charge in [0.1, 0.15) is 0 Å². The molecule has 2 fully saturated rings. The Morgan fingerprint density at radius 1 is 1.18 bits per heavy atom. The summed E-state index contributed by atoms with van der Waals surface area (Å²) in [5, 5.41) is 0. The van der Waals surface area contributed by atoms with E-state index in [0.717, 1.165) is 45.9 Å². The molecule has 122 valence electrons. The van der Waals surface area contributed by atoms with Crippen LogP contribution in [0, 0.1) is 5.92 Å². The highest BCUT2D eigenvalue weighted by Crippen LogP contribution is 2.23. The highest BCUT2D eigenvalue weighted by molar-refractivity contribution is 14.0. The van der Waals surface area contributed by atoms with E-state index in [-0.39, 0.29) is 24.0 Å². The molecule has 0 radical (unpaired) electrons. The van der Waals surface area contributed by atoms with Crippen LogP contribution in [0.15, 0.2) is 35.3 Å². The van der Waals surface area contributed by atoms with E-state index in [1.165, 1.54) is 12.1 Å². The van der Waals surface area contributed by atoms with Crippen molar-refractivity contribution >= 4 is 35.6 Å². The van der Waals surface area contributed by atoms with E-state index in [1.807, 2.05) is 0 Å². The zero-order valence-electron chi connectivity index (χ0n) is 12.9. The number of ether oxygens (including phenoxy) is 1. The molecule has 1 atom stereocenters. The number of rotatable bonds is 3. The molecule has 2 heterocycles. The van der Waals surface area contributed by atoms with Crippen LogP contribution in [0.3, 0.4) is 0 Å². The zero-order valence-corrected chi connectivity index (χ0v) is 15.2. The Kier molecular flexibility index (Phi) is 6.75. The Bertz CT molecular complexity index is 476. The molecule has 2 aliphatic heterocycles. The van der Waals surface area contributed by atoms with E-state index in [9.17, 15) is 0 Å². The van der Waals surface area contributed by atoms with Crippen molar-refractivity contribution in [3.8, 4) is 0 Å². The van der Waals surface area contributed by atoms with E-state index >= 15 is 0 Å². The quantitative estimate of drug-likeness (QED) is 0.464. The lowest BCUT2D eigenvalue weighted by atomic mass is 10.1. The summed E-state index contributed by atoms with van der Waals surface area (Å²) in [6, 6.07) is 10.6. The molecule has 6 heteroatoms. The first-order chi connectivity index (χ1) is 10.3. The second-order valence-electron chi connectivity index (χ2n) is 5.73. The smallest absolute Gasteiger partial charge is 0.191 e. The van der Waals surface area contributed by atoms with Gasteiger partial charge in [0.05, 0.1) is 13.2 Å². The first-order valence-electron chi connectivity index (χ1n) is 7.75. The van der Waals surface area contributed by atoms with Crippen molar-refractivity contribution in [2.45, 2.75) is 6.42 Å². The van der Waals surface area contributed by atoms with Crippen LogP contribution in [0.5, 0.6) is 0 Å². The topological polar surface area (TPSA) is 54.1 Å². The molecule has 22 heavy (non-hydrogen) atoms. The Balaban J connectivity index is 0.00000176. The Labute approximate surface area is 149 Å². The Morgan fingerprint density at radius 2 is 1.91 bits per heavy atom. The van der Waals surface area contributed by atoms with Crippen molar-refractivity contribution in [1.82, 2.24) is 4.90 Å². The third-order valence-corrected chi connectivity index (χ3v) is 4.25. The van der Waals surface area contributed by atoms with Gasteiger partial charge >= 0.3 is 0 Å². The summed E-state index contributed by atoms with van der Waals surface area (Å²) < 4.78 is 5.33. The molecule has 0 aromatic heterocycles. The third kappa shape index (κ3) is 4.49. The largest absolute Gasteiger partial charge is 0.378 e. The zero-order chi connectivity index (χ0) is 14.5. The second kappa shape index (κ2) is 8.57. The molecule has 5 nitrogen and oxygen atoms in total. The molecule has 0 aliphatic carbocycles. The molecule has 0 saturated carbocycles. The second-order valence-corrected chi connectivity index (χ2v) is 5.73. The van der Waals surface area contributed by atoms with Gasteiger partial charge in [-0.25, -0.2) is 0 Å². The van der Waals surface area contributed by atoms with Crippen molar-refractivity contribution in [2.75, 3.05) is 50.8 Å². The van der Waals surface area contributed by atoms with E-state index in [1.54, 1.807) is 0 Å². The molecule has 2 saturated heterocycles. The number of nitrogens with zero attached hydrogens (tertiary/aromatic N) is 3. The van der Waals surface area contributed by atoms with E-state index in [0.29, 0.717) is 11.9 Å². The molecule has 2 N–H and O–H groups in total. The van der Waals surface area contributed by atoms with E-state index < -0.39 is 0 Å². The van der Waals surface area contributed by atoms with Gasteiger partial charge in [-0.2, -0.15) is 0 Å². The van der Waals surface area contributed by atoms with Gasteiger partial charge in [0, 0.05) is 38.4 Å². The van der Waals surface area contributed by atoms with Gasteiger partial charge in [0.25, 0.3) is 0 Å². The molecule has 0 spiro atoms. The number of aliphatic imine (C=N–C) groups is 1. The number of benzene rings is 1. The minimum atomic E-state index is 0. The van der Waals surface area contributed by atoms with Crippen LogP contribution in [0.4, 0.5) is 5.69 Å². The van der Waals surface area contributed by atoms with Gasteiger partial charge in [-0.15, -0.1) is 24.0 Å². The van der Waals surface area contributed by atoms with Crippen molar-refractivity contribution < 1.29 is 4.74 Å². The first-order valence-corrected chi connectivity index (χ1v) is 7.75. The molecule has 2 aliphatic rings. The van der Waals surface area contributed by atoms with Crippen LogP contribution in [-0.4, -0.2) is 56.8 Å². The fourth-order valence-corrected chi connectivity index (χ4v) is 2.97. The highest BCUT2D eigenvalue weighted by Gasteiger charge is 2.22. The third-order valence-electron chi connectivity index (χ3n) is 4.25. The summed E-state index contributed by atoms with van der Waals surface area (Å²) in [6.07, 6.45) is 1.19. The molecule has 0 bridgehead atoms. The lowest BCUT2D eigenvalue weighted by molar-refractivity contribution is 0.0674. The summed E-state index contributed by atoms with van der Waals surface area (Å²) in [4.78, 5) is 9.15. The van der Waals surface area contributed by atoms with E-state index in [4.69, 9.17) is 10.5 Å². The maximum atomic E-state index is 6.08. The van der Waals surface area contributed by atoms with Crippen LogP contribution in [0.1, 0.15) is 6.42 Å². The molecule has 3 rings (SSSR count). The standard InChI is InChI=1S/C16H24N4O.HI/c17-16(19-8-10-21-11-9-19)18-12-14-6-7-20(13-14)15-4-2-1-3-5-15;/h1-5,14H,6-13H2,(H2,17,18);1H. The van der Waals surface area contributed by atoms with Crippen LogP contribution in [-0.2, 0) is 4.74 Å². The lowest BCUT2D eigenvalue weighted by Crippen LogP contribution is -2.45. The molecular formula is C16H25IN4O. The number of guanidine groups is 1. The van der Waals surface area contributed by atoms with Crippen LogP contribution >= 0.6 is 24.0 Å². The van der Waals surface area contributed by atoms with Crippen LogP contribution in [0.25, 0.3) is 0 Å². The van der Waals surface area contributed by atoms with Gasteiger partial charge in [0.2, 0.25) is 0 Å². The molecule has 1 unspecified atom stereocenters. The Hall–Kier alpha value is -1.02. The summed E-state index contributed by atoms with van der Waals surface area (Å²) in [5.74, 6) is 1.28. The number of anilines is 1. The Morgan fingerprint density at radius 3 is 2.64 bits per heavy atom. The highest BCUT2D eigenvalue weighted by atomic mass is 127. The summed E-state index contributed by atoms with van der Waals surface area (Å²) >= 11 is 0. The molecule has 1 aromatic rings. The van der Waals surface area contributed by atoms with Gasteiger partial charge in [-0.3, -0.25) is 4.99 Å². The number of halogens is 1. The van der Waals surface area contributed by atoms with Crippen molar-refractivity contribution in [3.63, 3.8) is 0 Å². The lowest BCUT2D eigenvalue weighted by Gasteiger charge is -2.27. The number of nitrogens with two attached hydrogens (primary N) is 1. The fourth-order valence-electron chi connectivity index (χ4n) is 2.97. The maximum absolute atomic E-state index is 6.08.